The van der Waals surface area contributed by atoms with Gasteiger partial charge < -0.3 is 15.7 Å². The zero-order valence-electron chi connectivity index (χ0n) is 9.02. The number of hydrogen-bond acceptors (Lipinski definition) is 4. The van der Waals surface area contributed by atoms with E-state index in [0.29, 0.717) is 24.6 Å². The summed E-state index contributed by atoms with van der Waals surface area (Å²) in [6, 6.07) is 3.96. The molecule has 1 aromatic rings. The Morgan fingerprint density at radius 1 is 1.56 bits per heavy atom. The number of hydrogen-bond donors (Lipinski definition) is 2. The first-order valence-electron chi connectivity index (χ1n) is 5.18. The Kier molecular flexibility index (Phi) is 2.68. The molecule has 0 aliphatic carbocycles. The number of nitrogens with two attached hydrogens (primary N) is 1. The SMILES string of the molecule is CCN1C(N)=NCC1c1cc(O)cc(F)c1. The third-order valence-electron chi connectivity index (χ3n) is 2.73. The van der Waals surface area contributed by atoms with E-state index in [0.717, 1.165) is 6.07 Å². The van der Waals surface area contributed by atoms with Crippen LogP contribution >= 0.6 is 0 Å². The molecule has 1 aliphatic heterocycles. The van der Waals surface area contributed by atoms with Crippen LogP contribution in [0.25, 0.3) is 0 Å². The highest BCUT2D eigenvalue weighted by Gasteiger charge is 2.26. The van der Waals surface area contributed by atoms with Crippen molar-refractivity contribution in [1.29, 1.82) is 0 Å². The fourth-order valence-corrected chi connectivity index (χ4v) is 1.99. The van der Waals surface area contributed by atoms with Crippen LogP contribution in [0.4, 0.5) is 4.39 Å². The molecular weight excluding hydrogens is 209 g/mol. The molecule has 0 fully saturated rings. The standard InChI is InChI=1S/C11H14FN3O/c1-2-15-10(6-14-11(15)13)7-3-8(12)5-9(16)4-7/h3-5,10,16H,2,6H2,1H3,(H2,13,14). The lowest BCUT2D eigenvalue weighted by atomic mass is 10.1. The van der Waals surface area contributed by atoms with Crippen LogP contribution in [-0.2, 0) is 0 Å². The Morgan fingerprint density at radius 2 is 2.31 bits per heavy atom. The summed E-state index contributed by atoms with van der Waals surface area (Å²) in [4.78, 5) is 6.00. The normalized spacial score (nSPS) is 20.0. The fraction of sp³-hybridized carbons (Fsp3) is 0.364. The van der Waals surface area contributed by atoms with Crippen LogP contribution in [0.15, 0.2) is 23.2 Å². The quantitative estimate of drug-likeness (QED) is 0.792. The summed E-state index contributed by atoms with van der Waals surface area (Å²) in [6.07, 6.45) is 0. The number of guanidine groups is 1. The van der Waals surface area contributed by atoms with E-state index in [1.54, 1.807) is 6.07 Å². The first-order valence-corrected chi connectivity index (χ1v) is 5.18. The van der Waals surface area contributed by atoms with E-state index in [9.17, 15) is 9.50 Å². The number of phenolic OH excluding ortho intramolecular Hbond substituents is 1. The van der Waals surface area contributed by atoms with E-state index < -0.39 is 5.82 Å². The average Bonchev–Trinajstić information content (AvgIpc) is 2.58. The molecular formula is C11H14FN3O. The maximum absolute atomic E-state index is 13.2. The van der Waals surface area contributed by atoms with Crippen molar-refractivity contribution in [2.45, 2.75) is 13.0 Å². The first-order chi connectivity index (χ1) is 7.61. The second-order valence-corrected chi connectivity index (χ2v) is 3.74. The van der Waals surface area contributed by atoms with Crippen molar-refractivity contribution in [1.82, 2.24) is 4.90 Å². The highest BCUT2D eigenvalue weighted by atomic mass is 19.1. The number of rotatable bonds is 2. The lowest BCUT2D eigenvalue weighted by Gasteiger charge is -2.25. The van der Waals surface area contributed by atoms with Gasteiger partial charge in [0.25, 0.3) is 0 Å². The van der Waals surface area contributed by atoms with Crippen LogP contribution in [-0.4, -0.2) is 29.1 Å². The lowest BCUT2D eigenvalue weighted by Crippen LogP contribution is -2.35. The predicted octanol–water partition coefficient (Wildman–Crippen LogP) is 1.22. The van der Waals surface area contributed by atoms with Gasteiger partial charge in [-0.3, -0.25) is 4.99 Å². The molecule has 1 heterocycles. The summed E-state index contributed by atoms with van der Waals surface area (Å²) in [5.41, 5.74) is 6.41. The third kappa shape index (κ3) is 1.80. The van der Waals surface area contributed by atoms with Gasteiger partial charge in [0.05, 0.1) is 12.6 Å². The summed E-state index contributed by atoms with van der Waals surface area (Å²) >= 11 is 0. The van der Waals surface area contributed by atoms with Crippen molar-refractivity contribution in [2.75, 3.05) is 13.1 Å². The molecule has 1 unspecified atom stereocenters. The van der Waals surface area contributed by atoms with Crippen molar-refractivity contribution in [3.05, 3.63) is 29.6 Å². The van der Waals surface area contributed by atoms with Gasteiger partial charge in [0, 0.05) is 12.6 Å². The summed E-state index contributed by atoms with van der Waals surface area (Å²) in [7, 11) is 0. The van der Waals surface area contributed by atoms with E-state index >= 15 is 0 Å². The van der Waals surface area contributed by atoms with Crippen molar-refractivity contribution in [2.24, 2.45) is 10.7 Å². The summed E-state index contributed by atoms with van der Waals surface area (Å²) in [5.74, 6) is -0.0516. The Bertz CT molecular complexity index is 413. The molecule has 0 aromatic heterocycles. The molecule has 0 amide bonds. The van der Waals surface area contributed by atoms with Crippen molar-refractivity contribution in [3.8, 4) is 5.75 Å². The fourth-order valence-electron chi connectivity index (χ4n) is 1.99. The minimum Gasteiger partial charge on any atom is -0.508 e. The van der Waals surface area contributed by atoms with E-state index in [1.807, 2.05) is 11.8 Å². The second-order valence-electron chi connectivity index (χ2n) is 3.74. The van der Waals surface area contributed by atoms with Crippen LogP contribution in [0, 0.1) is 5.82 Å². The highest BCUT2D eigenvalue weighted by Crippen LogP contribution is 2.28. The maximum Gasteiger partial charge on any atom is 0.191 e. The number of likely N-dealkylation sites (N-methyl/N-ethyl adjacent to an activating group) is 1. The molecule has 0 saturated heterocycles. The first kappa shape index (κ1) is 10.7. The van der Waals surface area contributed by atoms with Gasteiger partial charge in [0.2, 0.25) is 0 Å². The zero-order chi connectivity index (χ0) is 11.7. The number of aliphatic imine (C=N–C) groups is 1. The minimum absolute atomic E-state index is 0.0727. The molecule has 2 rings (SSSR count). The molecule has 0 spiro atoms. The van der Waals surface area contributed by atoms with Crippen LogP contribution in [0.1, 0.15) is 18.5 Å². The molecule has 3 N–H and O–H groups in total. The summed E-state index contributed by atoms with van der Waals surface area (Å²) in [5, 5.41) is 9.35. The van der Waals surface area contributed by atoms with Crippen LogP contribution in [0.2, 0.25) is 0 Å². The molecule has 1 aliphatic rings. The molecule has 0 bridgehead atoms. The number of phenols is 1. The van der Waals surface area contributed by atoms with Crippen molar-refractivity contribution < 1.29 is 9.50 Å². The Morgan fingerprint density at radius 3 is 2.94 bits per heavy atom. The van der Waals surface area contributed by atoms with Crippen LogP contribution in [0.5, 0.6) is 5.75 Å². The molecule has 5 heteroatoms. The van der Waals surface area contributed by atoms with Crippen molar-refractivity contribution >= 4 is 5.96 Å². The Labute approximate surface area is 93.2 Å². The molecule has 1 aromatic carbocycles. The zero-order valence-corrected chi connectivity index (χ0v) is 9.02. The van der Waals surface area contributed by atoms with E-state index in [-0.39, 0.29) is 11.8 Å². The summed E-state index contributed by atoms with van der Waals surface area (Å²) in [6.45, 7) is 3.17. The largest absolute Gasteiger partial charge is 0.508 e. The number of halogens is 1. The second kappa shape index (κ2) is 4.00. The molecule has 4 nitrogen and oxygen atoms in total. The van der Waals surface area contributed by atoms with Crippen molar-refractivity contribution in [3.63, 3.8) is 0 Å². The molecule has 0 saturated carbocycles. The van der Waals surface area contributed by atoms with Gasteiger partial charge in [-0.15, -0.1) is 0 Å². The predicted molar refractivity (Wildman–Crippen MR) is 59.7 cm³/mol. The van der Waals surface area contributed by atoms with Gasteiger partial charge in [-0.1, -0.05) is 0 Å². The van der Waals surface area contributed by atoms with Crippen LogP contribution in [0.3, 0.4) is 0 Å². The van der Waals surface area contributed by atoms with E-state index in [1.165, 1.54) is 6.07 Å². The summed E-state index contributed by atoms with van der Waals surface area (Å²) < 4.78 is 13.2. The minimum atomic E-state index is -0.448. The van der Waals surface area contributed by atoms with Gasteiger partial charge >= 0.3 is 0 Å². The molecule has 86 valence electrons. The monoisotopic (exact) mass is 223 g/mol. The number of nitrogens with zero attached hydrogens (tertiary/aromatic N) is 2. The van der Waals surface area contributed by atoms with Gasteiger partial charge in [-0.05, 0) is 24.6 Å². The van der Waals surface area contributed by atoms with Gasteiger partial charge in [0.15, 0.2) is 5.96 Å². The van der Waals surface area contributed by atoms with E-state index in [2.05, 4.69) is 4.99 Å². The maximum atomic E-state index is 13.2. The molecule has 16 heavy (non-hydrogen) atoms. The Hall–Kier alpha value is -1.78. The van der Waals surface area contributed by atoms with Crippen LogP contribution < -0.4 is 5.73 Å². The number of benzene rings is 1. The lowest BCUT2D eigenvalue weighted by molar-refractivity contribution is 0.361. The highest BCUT2D eigenvalue weighted by molar-refractivity contribution is 5.80. The van der Waals surface area contributed by atoms with E-state index in [4.69, 9.17) is 5.73 Å². The topological polar surface area (TPSA) is 61.8 Å². The average molecular weight is 223 g/mol. The molecule has 0 radical (unpaired) electrons. The van der Waals surface area contributed by atoms with Gasteiger partial charge in [0.1, 0.15) is 11.6 Å². The number of aromatic hydroxyl groups is 1. The smallest absolute Gasteiger partial charge is 0.191 e. The molecule has 1 atom stereocenters. The third-order valence-corrected chi connectivity index (χ3v) is 2.73. The van der Waals surface area contributed by atoms with Gasteiger partial charge in [-0.25, -0.2) is 4.39 Å². The van der Waals surface area contributed by atoms with Gasteiger partial charge in [-0.2, -0.15) is 0 Å². The Balaban J connectivity index is 2.31.